The summed E-state index contributed by atoms with van der Waals surface area (Å²) in [5.74, 6) is 0.140. The lowest BCUT2D eigenvalue weighted by molar-refractivity contribution is -0.150. The van der Waals surface area contributed by atoms with Crippen LogP contribution in [0.25, 0.3) is 0 Å². The van der Waals surface area contributed by atoms with Crippen molar-refractivity contribution < 1.29 is 14.3 Å². The maximum absolute atomic E-state index is 12.4. The van der Waals surface area contributed by atoms with Crippen LogP contribution in [0.3, 0.4) is 0 Å². The van der Waals surface area contributed by atoms with Gasteiger partial charge in [-0.05, 0) is 37.4 Å². The van der Waals surface area contributed by atoms with Gasteiger partial charge in [0.15, 0.2) is 0 Å². The molecule has 3 aliphatic heterocycles. The number of hydrogen-bond acceptors (Lipinski definition) is 6. The monoisotopic (exact) mass is 435 g/mol. The summed E-state index contributed by atoms with van der Waals surface area (Å²) in [6.45, 7) is 5.79. The zero-order valence-corrected chi connectivity index (χ0v) is 17.7. The van der Waals surface area contributed by atoms with Gasteiger partial charge in [-0.15, -0.1) is 36.2 Å². The first-order chi connectivity index (χ1) is 12.2. The van der Waals surface area contributed by atoms with E-state index in [2.05, 4.69) is 10.2 Å². The molecule has 1 aromatic rings. The number of halogens is 2. The summed E-state index contributed by atoms with van der Waals surface area (Å²) in [7, 11) is 0. The van der Waals surface area contributed by atoms with Gasteiger partial charge in [0, 0.05) is 39.1 Å². The molecule has 0 bridgehead atoms. The van der Waals surface area contributed by atoms with E-state index < -0.39 is 0 Å². The Morgan fingerprint density at radius 1 is 1.22 bits per heavy atom. The van der Waals surface area contributed by atoms with Gasteiger partial charge in [-0.2, -0.15) is 0 Å². The number of nitrogens with one attached hydrogen (secondary N) is 1. The number of rotatable bonds is 3. The molecule has 4 heterocycles. The fraction of sp³-hybridized carbons (Fsp3) is 0.667. The van der Waals surface area contributed by atoms with Gasteiger partial charge in [-0.1, -0.05) is 6.07 Å². The van der Waals surface area contributed by atoms with Crippen molar-refractivity contribution in [3.8, 4) is 0 Å². The van der Waals surface area contributed by atoms with E-state index in [1.807, 2.05) is 22.4 Å². The maximum atomic E-state index is 12.4. The first-order valence-electron chi connectivity index (χ1n) is 9.13. The molecule has 1 spiro atoms. The Balaban J connectivity index is 0.00000131. The van der Waals surface area contributed by atoms with Gasteiger partial charge < -0.3 is 15.0 Å². The summed E-state index contributed by atoms with van der Waals surface area (Å²) in [6.07, 6.45) is 2.64. The SMILES string of the molecule is Cl.Cl.O=C(c1cccs1)N1CCN(CC2CC3(CCNCC3)C(=O)O2)CC1. The van der Waals surface area contributed by atoms with Crippen LogP contribution in [0.5, 0.6) is 0 Å². The van der Waals surface area contributed by atoms with Crippen LogP contribution in [-0.4, -0.2) is 73.6 Å². The minimum atomic E-state index is -0.243. The van der Waals surface area contributed by atoms with Crippen molar-refractivity contribution in [1.29, 1.82) is 0 Å². The molecule has 0 saturated carbocycles. The predicted octanol–water partition coefficient (Wildman–Crippen LogP) is 2.03. The lowest BCUT2D eigenvalue weighted by Gasteiger charge is -2.35. The van der Waals surface area contributed by atoms with Gasteiger partial charge in [0.25, 0.3) is 5.91 Å². The summed E-state index contributed by atoms with van der Waals surface area (Å²) >= 11 is 1.50. The molecule has 1 aromatic heterocycles. The highest BCUT2D eigenvalue weighted by molar-refractivity contribution is 7.12. The third-order valence-corrected chi connectivity index (χ3v) is 6.60. The van der Waals surface area contributed by atoms with E-state index in [1.54, 1.807) is 0 Å². The van der Waals surface area contributed by atoms with E-state index in [-0.39, 0.29) is 48.2 Å². The van der Waals surface area contributed by atoms with Crippen LogP contribution >= 0.6 is 36.2 Å². The third kappa shape index (κ3) is 4.77. The summed E-state index contributed by atoms with van der Waals surface area (Å²) in [6, 6.07) is 3.80. The molecule has 1 N–H and O–H groups in total. The van der Waals surface area contributed by atoms with Gasteiger partial charge in [0.2, 0.25) is 0 Å². The molecule has 0 radical (unpaired) electrons. The molecule has 0 aliphatic carbocycles. The molecular formula is C18H27Cl2N3O3S. The van der Waals surface area contributed by atoms with Crippen LogP contribution in [0.15, 0.2) is 17.5 Å². The molecule has 1 unspecified atom stereocenters. The number of cyclic esters (lactones) is 1. The fourth-order valence-electron chi connectivity index (χ4n) is 4.23. The van der Waals surface area contributed by atoms with E-state index in [9.17, 15) is 9.59 Å². The average Bonchev–Trinajstić information content (AvgIpc) is 3.25. The zero-order chi connectivity index (χ0) is 17.3. The van der Waals surface area contributed by atoms with Crippen molar-refractivity contribution in [2.45, 2.75) is 25.4 Å². The number of carbonyl (C=O) groups excluding carboxylic acids is 2. The predicted molar refractivity (Wildman–Crippen MR) is 110 cm³/mol. The highest BCUT2D eigenvalue weighted by Crippen LogP contribution is 2.41. The number of esters is 1. The van der Waals surface area contributed by atoms with Gasteiger partial charge >= 0.3 is 5.97 Å². The van der Waals surface area contributed by atoms with Crippen LogP contribution < -0.4 is 5.32 Å². The second-order valence-corrected chi connectivity index (χ2v) is 8.28. The van der Waals surface area contributed by atoms with Gasteiger partial charge in [-0.25, -0.2) is 0 Å². The van der Waals surface area contributed by atoms with E-state index in [4.69, 9.17) is 4.74 Å². The van der Waals surface area contributed by atoms with E-state index in [0.717, 1.165) is 70.0 Å². The Kier molecular flexibility index (Phi) is 7.94. The Labute approximate surface area is 176 Å². The molecule has 3 saturated heterocycles. The van der Waals surface area contributed by atoms with Crippen molar-refractivity contribution in [3.63, 3.8) is 0 Å². The van der Waals surface area contributed by atoms with Crippen LogP contribution in [-0.2, 0) is 9.53 Å². The quantitative estimate of drug-likeness (QED) is 0.735. The Hall–Kier alpha value is -0.860. The topological polar surface area (TPSA) is 61.9 Å². The van der Waals surface area contributed by atoms with E-state index in [0.29, 0.717) is 0 Å². The molecule has 3 aliphatic rings. The van der Waals surface area contributed by atoms with Crippen molar-refractivity contribution in [2.24, 2.45) is 5.41 Å². The van der Waals surface area contributed by atoms with Crippen LogP contribution in [0.2, 0.25) is 0 Å². The summed E-state index contributed by atoms with van der Waals surface area (Å²) in [5, 5.41) is 5.26. The van der Waals surface area contributed by atoms with Gasteiger partial charge in [-0.3, -0.25) is 14.5 Å². The minimum Gasteiger partial charge on any atom is -0.461 e. The molecule has 9 heteroatoms. The summed E-state index contributed by atoms with van der Waals surface area (Å²) in [4.78, 5) is 29.8. The van der Waals surface area contributed by atoms with Crippen molar-refractivity contribution in [2.75, 3.05) is 45.8 Å². The minimum absolute atomic E-state index is 0. The largest absolute Gasteiger partial charge is 0.461 e. The Bertz CT molecular complexity index is 630. The molecule has 27 heavy (non-hydrogen) atoms. The van der Waals surface area contributed by atoms with Gasteiger partial charge in [0.1, 0.15) is 6.10 Å². The number of hydrogen-bond donors (Lipinski definition) is 1. The molecule has 152 valence electrons. The second-order valence-electron chi connectivity index (χ2n) is 7.33. The first-order valence-corrected chi connectivity index (χ1v) is 10.0. The Morgan fingerprint density at radius 3 is 2.56 bits per heavy atom. The number of thiophene rings is 1. The molecule has 3 fully saturated rings. The standard InChI is InChI=1S/C18H25N3O3S.2ClH/c22-16(15-2-1-11-25-15)21-9-7-20(8-10-21)13-14-12-18(17(23)24-14)3-5-19-6-4-18;;/h1-2,11,14,19H,3-10,12-13H2;2*1H. The fourth-order valence-corrected chi connectivity index (χ4v) is 4.92. The zero-order valence-electron chi connectivity index (χ0n) is 15.2. The number of amides is 1. The first kappa shape index (κ1) is 22.4. The molecule has 1 atom stereocenters. The third-order valence-electron chi connectivity index (χ3n) is 5.74. The normalized spacial score (nSPS) is 24.8. The van der Waals surface area contributed by atoms with Crippen molar-refractivity contribution >= 4 is 48.0 Å². The maximum Gasteiger partial charge on any atom is 0.312 e. The highest BCUT2D eigenvalue weighted by atomic mass is 35.5. The van der Waals surface area contributed by atoms with E-state index >= 15 is 0 Å². The van der Waals surface area contributed by atoms with Crippen LogP contribution in [0, 0.1) is 5.41 Å². The van der Waals surface area contributed by atoms with E-state index in [1.165, 1.54) is 11.3 Å². The lowest BCUT2D eigenvalue weighted by atomic mass is 9.76. The van der Waals surface area contributed by atoms with Crippen LogP contribution in [0.4, 0.5) is 0 Å². The number of ether oxygens (including phenoxy) is 1. The molecule has 1 amide bonds. The summed E-state index contributed by atoms with van der Waals surface area (Å²) in [5.41, 5.74) is -0.243. The average molecular weight is 436 g/mol. The van der Waals surface area contributed by atoms with Gasteiger partial charge in [0.05, 0.1) is 10.3 Å². The molecule has 0 aromatic carbocycles. The second kappa shape index (κ2) is 9.56. The highest BCUT2D eigenvalue weighted by Gasteiger charge is 2.49. The molecule has 4 rings (SSSR count). The lowest BCUT2D eigenvalue weighted by Crippen LogP contribution is -2.50. The molecule has 6 nitrogen and oxygen atoms in total. The Morgan fingerprint density at radius 2 is 1.93 bits per heavy atom. The number of nitrogens with zero attached hydrogens (tertiary/aromatic N) is 2. The van der Waals surface area contributed by atoms with Crippen LogP contribution in [0.1, 0.15) is 28.9 Å². The number of piperidine rings is 1. The number of piperazine rings is 1. The summed E-state index contributed by atoms with van der Waals surface area (Å²) < 4.78 is 5.70. The van der Waals surface area contributed by atoms with Crippen molar-refractivity contribution in [1.82, 2.24) is 15.1 Å². The van der Waals surface area contributed by atoms with Crippen molar-refractivity contribution in [3.05, 3.63) is 22.4 Å². The molecular weight excluding hydrogens is 409 g/mol. The number of carbonyl (C=O) groups is 2. The smallest absolute Gasteiger partial charge is 0.312 e.